The second kappa shape index (κ2) is 7.86. The maximum Gasteiger partial charge on any atom is 0.322 e. The molecule has 10 heteroatoms. The highest BCUT2D eigenvalue weighted by molar-refractivity contribution is 7.90. The van der Waals surface area contributed by atoms with E-state index in [9.17, 15) is 17.6 Å². The number of rotatable bonds is 4. The molecule has 0 spiro atoms. The molecule has 1 aliphatic rings. The lowest BCUT2D eigenvalue weighted by molar-refractivity contribution is 0.245. The lowest BCUT2D eigenvalue weighted by Gasteiger charge is -2.27. The molecule has 2 amide bonds. The van der Waals surface area contributed by atoms with Gasteiger partial charge in [0.15, 0.2) is 14.9 Å². The first kappa shape index (κ1) is 20.0. The van der Waals surface area contributed by atoms with Gasteiger partial charge in [0.2, 0.25) is 0 Å². The monoisotopic (exact) mass is 429 g/mol. The Morgan fingerprint density at radius 3 is 2.60 bits per heavy atom. The van der Waals surface area contributed by atoms with Gasteiger partial charge in [0, 0.05) is 25.5 Å². The van der Waals surface area contributed by atoms with E-state index in [2.05, 4.69) is 15.4 Å². The molecule has 0 bridgehead atoms. The van der Waals surface area contributed by atoms with Crippen molar-refractivity contribution >= 4 is 21.6 Å². The minimum atomic E-state index is -3.36. The Morgan fingerprint density at radius 1 is 1.17 bits per heavy atom. The highest BCUT2D eigenvalue weighted by Crippen LogP contribution is 2.29. The summed E-state index contributed by atoms with van der Waals surface area (Å²) in [6.45, 7) is 0.771. The van der Waals surface area contributed by atoms with Crippen molar-refractivity contribution in [3.63, 3.8) is 0 Å². The smallest absolute Gasteiger partial charge is 0.322 e. The molecule has 1 aliphatic heterocycles. The SMILES string of the molecule is CS(=O)(=O)c1ccc(CNC(=O)N2CCCc3c2cnn3-c2ccc(F)cc2)cn1. The van der Waals surface area contributed by atoms with Crippen molar-refractivity contribution in [2.45, 2.75) is 24.4 Å². The van der Waals surface area contributed by atoms with Crippen molar-refractivity contribution in [2.24, 2.45) is 0 Å². The molecule has 0 fully saturated rings. The van der Waals surface area contributed by atoms with Crippen LogP contribution < -0.4 is 10.2 Å². The van der Waals surface area contributed by atoms with E-state index < -0.39 is 9.84 Å². The predicted octanol–water partition coefficient (Wildman–Crippen LogP) is 2.47. The lowest BCUT2D eigenvalue weighted by atomic mass is 10.1. The van der Waals surface area contributed by atoms with Crippen LogP contribution in [-0.2, 0) is 22.8 Å². The molecular weight excluding hydrogens is 409 g/mol. The van der Waals surface area contributed by atoms with Crippen LogP contribution in [0.5, 0.6) is 0 Å². The zero-order valence-corrected chi connectivity index (χ0v) is 17.1. The van der Waals surface area contributed by atoms with Crippen LogP contribution in [0.3, 0.4) is 0 Å². The minimum absolute atomic E-state index is 0.00791. The van der Waals surface area contributed by atoms with Crippen molar-refractivity contribution in [3.8, 4) is 5.69 Å². The van der Waals surface area contributed by atoms with Crippen molar-refractivity contribution in [2.75, 3.05) is 17.7 Å². The zero-order chi connectivity index (χ0) is 21.3. The molecule has 0 aliphatic carbocycles. The molecule has 0 radical (unpaired) electrons. The molecule has 1 N–H and O–H groups in total. The summed E-state index contributed by atoms with van der Waals surface area (Å²) in [7, 11) is -3.36. The fourth-order valence-electron chi connectivity index (χ4n) is 3.37. The second-order valence-corrected chi connectivity index (χ2v) is 9.02. The van der Waals surface area contributed by atoms with Gasteiger partial charge >= 0.3 is 6.03 Å². The predicted molar refractivity (Wildman–Crippen MR) is 109 cm³/mol. The summed E-state index contributed by atoms with van der Waals surface area (Å²) >= 11 is 0. The highest BCUT2D eigenvalue weighted by atomic mass is 32.2. The Labute approximate surface area is 173 Å². The van der Waals surface area contributed by atoms with Crippen LogP contribution in [0.2, 0.25) is 0 Å². The standard InChI is InChI=1S/C20H20FN5O3S/c1-30(28,29)19-9-4-14(11-22-19)12-23-20(27)25-10-2-3-17-18(25)13-24-26(17)16-7-5-15(21)6-8-16/h4-9,11,13H,2-3,10,12H2,1H3,(H,23,27). The third-order valence-electron chi connectivity index (χ3n) is 4.87. The molecule has 30 heavy (non-hydrogen) atoms. The van der Waals surface area contributed by atoms with Crippen LogP contribution in [0.25, 0.3) is 5.69 Å². The molecule has 0 saturated carbocycles. The Hall–Kier alpha value is -3.27. The summed E-state index contributed by atoms with van der Waals surface area (Å²) in [6, 6.07) is 8.81. The van der Waals surface area contributed by atoms with Crippen LogP contribution in [0, 0.1) is 5.82 Å². The number of carbonyl (C=O) groups excluding carboxylic acids is 1. The number of anilines is 1. The van der Waals surface area contributed by atoms with Crippen LogP contribution in [-0.4, -0.2) is 42.0 Å². The number of aromatic nitrogens is 3. The molecule has 0 unspecified atom stereocenters. The number of amides is 2. The van der Waals surface area contributed by atoms with Gasteiger partial charge in [-0.1, -0.05) is 6.07 Å². The Morgan fingerprint density at radius 2 is 1.93 bits per heavy atom. The third kappa shape index (κ3) is 4.04. The number of benzene rings is 1. The molecular formula is C20H20FN5O3S. The summed E-state index contributed by atoms with van der Waals surface area (Å²) in [5.41, 5.74) is 3.03. The molecule has 2 aromatic heterocycles. The van der Waals surface area contributed by atoms with Gasteiger partial charge in [0.1, 0.15) is 5.82 Å². The summed E-state index contributed by atoms with van der Waals surface area (Å²) in [5.74, 6) is -0.320. The maximum atomic E-state index is 13.2. The normalized spacial score (nSPS) is 13.7. The molecule has 0 atom stereocenters. The number of sulfone groups is 1. The van der Waals surface area contributed by atoms with Crippen LogP contribution in [0.1, 0.15) is 17.7 Å². The molecule has 3 aromatic rings. The third-order valence-corrected chi connectivity index (χ3v) is 5.87. The van der Waals surface area contributed by atoms with Crippen LogP contribution >= 0.6 is 0 Å². The van der Waals surface area contributed by atoms with Gasteiger partial charge in [-0.05, 0) is 48.7 Å². The number of hydrogen-bond donors (Lipinski definition) is 1. The van der Waals surface area contributed by atoms with Crippen molar-refractivity contribution in [1.29, 1.82) is 0 Å². The number of pyridine rings is 1. The van der Waals surface area contributed by atoms with Gasteiger partial charge in [-0.25, -0.2) is 27.3 Å². The lowest BCUT2D eigenvalue weighted by Crippen LogP contribution is -2.42. The Kier molecular flexibility index (Phi) is 5.25. The molecule has 156 valence electrons. The number of nitrogens with zero attached hydrogens (tertiary/aromatic N) is 4. The summed E-state index contributed by atoms with van der Waals surface area (Å²) in [6.07, 6.45) is 5.70. The first-order chi connectivity index (χ1) is 14.3. The van der Waals surface area contributed by atoms with Gasteiger partial charge in [-0.3, -0.25) is 4.90 Å². The average molecular weight is 429 g/mol. The average Bonchev–Trinajstić information content (AvgIpc) is 3.16. The van der Waals surface area contributed by atoms with Gasteiger partial charge < -0.3 is 5.32 Å². The van der Waals surface area contributed by atoms with Gasteiger partial charge in [-0.15, -0.1) is 0 Å². The van der Waals surface area contributed by atoms with Crippen LogP contribution in [0.15, 0.2) is 53.8 Å². The maximum absolute atomic E-state index is 13.2. The fraction of sp³-hybridized carbons (Fsp3) is 0.250. The number of carbonyl (C=O) groups is 1. The summed E-state index contributed by atoms with van der Waals surface area (Å²) in [5, 5.41) is 7.21. The molecule has 4 rings (SSSR count). The van der Waals surface area contributed by atoms with E-state index in [-0.39, 0.29) is 23.4 Å². The topological polar surface area (TPSA) is 97.2 Å². The number of urea groups is 1. The minimum Gasteiger partial charge on any atom is -0.334 e. The molecule has 3 heterocycles. The van der Waals surface area contributed by atoms with E-state index in [1.807, 2.05) is 0 Å². The summed E-state index contributed by atoms with van der Waals surface area (Å²) < 4.78 is 37.9. The van der Waals surface area contributed by atoms with Crippen molar-refractivity contribution in [1.82, 2.24) is 20.1 Å². The van der Waals surface area contributed by atoms with E-state index in [1.54, 1.807) is 34.0 Å². The zero-order valence-electron chi connectivity index (χ0n) is 16.2. The number of fused-ring (bicyclic) bond motifs is 1. The van der Waals surface area contributed by atoms with E-state index in [1.165, 1.54) is 24.4 Å². The Bertz CT molecular complexity index is 1170. The van der Waals surface area contributed by atoms with Crippen LogP contribution in [0.4, 0.5) is 14.9 Å². The highest BCUT2D eigenvalue weighted by Gasteiger charge is 2.26. The second-order valence-electron chi connectivity index (χ2n) is 7.06. The van der Waals surface area contributed by atoms with Gasteiger partial charge in [0.25, 0.3) is 0 Å². The first-order valence-electron chi connectivity index (χ1n) is 9.36. The number of halogens is 1. The van der Waals surface area contributed by atoms with E-state index >= 15 is 0 Å². The molecule has 8 nitrogen and oxygen atoms in total. The van der Waals surface area contributed by atoms with E-state index in [4.69, 9.17) is 0 Å². The Balaban J connectivity index is 1.48. The number of nitrogens with one attached hydrogen (secondary N) is 1. The quantitative estimate of drug-likeness (QED) is 0.687. The van der Waals surface area contributed by atoms with Crippen molar-refractivity contribution < 1.29 is 17.6 Å². The first-order valence-corrected chi connectivity index (χ1v) is 11.3. The van der Waals surface area contributed by atoms with Crippen molar-refractivity contribution in [3.05, 3.63) is 65.9 Å². The van der Waals surface area contributed by atoms with E-state index in [0.29, 0.717) is 17.8 Å². The van der Waals surface area contributed by atoms with Gasteiger partial charge in [-0.2, -0.15) is 5.10 Å². The largest absolute Gasteiger partial charge is 0.334 e. The number of hydrogen-bond acceptors (Lipinski definition) is 5. The van der Waals surface area contributed by atoms with Gasteiger partial charge in [0.05, 0.1) is 23.3 Å². The fourth-order valence-corrected chi connectivity index (χ4v) is 3.93. The molecule has 0 saturated heterocycles. The summed E-state index contributed by atoms with van der Waals surface area (Å²) in [4.78, 5) is 18.3. The van der Waals surface area contributed by atoms with E-state index in [0.717, 1.165) is 30.5 Å². The molecule has 1 aromatic carbocycles.